The zero-order valence-corrected chi connectivity index (χ0v) is 19.5. The summed E-state index contributed by atoms with van der Waals surface area (Å²) in [5.41, 5.74) is 0.777. The standard InChI is InChI=1S/C23H27ClN2O5S/c1-2-31-23(28)19-12-14-25(15-13-19)22(27)17-26(16-18-6-4-3-5-7-18)32(29,30)21-10-8-20(24)9-11-21/h3-11,19H,2,12-17H2,1H3. The van der Waals surface area contributed by atoms with Crippen molar-refractivity contribution in [2.45, 2.75) is 31.2 Å². The number of hydrogen-bond acceptors (Lipinski definition) is 5. The highest BCUT2D eigenvalue weighted by Crippen LogP contribution is 2.23. The van der Waals surface area contributed by atoms with Gasteiger partial charge in [0.2, 0.25) is 15.9 Å². The predicted octanol–water partition coefficient (Wildman–Crippen LogP) is 3.33. The van der Waals surface area contributed by atoms with Crippen LogP contribution in [0.3, 0.4) is 0 Å². The Morgan fingerprint density at radius 2 is 1.69 bits per heavy atom. The molecular formula is C23H27ClN2O5S. The first kappa shape index (κ1) is 24.2. The maximum Gasteiger partial charge on any atom is 0.309 e. The molecule has 0 bridgehead atoms. The minimum atomic E-state index is -3.93. The van der Waals surface area contributed by atoms with Crippen LogP contribution >= 0.6 is 11.6 Å². The molecule has 1 saturated heterocycles. The normalized spacial score (nSPS) is 15.0. The molecule has 0 spiro atoms. The van der Waals surface area contributed by atoms with Crippen molar-refractivity contribution in [3.8, 4) is 0 Å². The van der Waals surface area contributed by atoms with E-state index >= 15 is 0 Å². The monoisotopic (exact) mass is 478 g/mol. The van der Waals surface area contributed by atoms with E-state index in [0.29, 0.717) is 37.6 Å². The second kappa shape index (κ2) is 10.9. The Morgan fingerprint density at radius 1 is 1.06 bits per heavy atom. The van der Waals surface area contributed by atoms with E-state index in [1.165, 1.54) is 28.6 Å². The van der Waals surface area contributed by atoms with Crippen LogP contribution in [0.1, 0.15) is 25.3 Å². The van der Waals surface area contributed by atoms with Gasteiger partial charge < -0.3 is 9.64 Å². The third-order valence-electron chi connectivity index (χ3n) is 5.43. The van der Waals surface area contributed by atoms with Gasteiger partial charge in [-0.05, 0) is 49.6 Å². The van der Waals surface area contributed by atoms with Crippen molar-refractivity contribution in [3.05, 3.63) is 65.2 Å². The summed E-state index contributed by atoms with van der Waals surface area (Å²) >= 11 is 5.91. The lowest BCUT2D eigenvalue weighted by molar-refractivity contribution is -0.151. The number of ether oxygens (including phenoxy) is 1. The van der Waals surface area contributed by atoms with E-state index in [0.717, 1.165) is 5.56 Å². The number of esters is 1. The van der Waals surface area contributed by atoms with Crippen molar-refractivity contribution < 1.29 is 22.7 Å². The molecule has 7 nitrogen and oxygen atoms in total. The van der Waals surface area contributed by atoms with Gasteiger partial charge in [-0.2, -0.15) is 4.31 Å². The largest absolute Gasteiger partial charge is 0.466 e. The smallest absolute Gasteiger partial charge is 0.309 e. The van der Waals surface area contributed by atoms with Gasteiger partial charge in [0.15, 0.2) is 0 Å². The third-order valence-corrected chi connectivity index (χ3v) is 7.49. The van der Waals surface area contributed by atoms with Crippen LogP contribution in [0.4, 0.5) is 0 Å². The number of piperidine rings is 1. The van der Waals surface area contributed by atoms with Crippen LogP contribution in [-0.2, 0) is 30.9 Å². The summed E-state index contributed by atoms with van der Waals surface area (Å²) < 4.78 is 32.9. The molecule has 0 saturated carbocycles. The van der Waals surface area contributed by atoms with E-state index in [2.05, 4.69) is 0 Å². The highest BCUT2D eigenvalue weighted by Gasteiger charge is 2.32. The molecule has 9 heteroatoms. The number of likely N-dealkylation sites (tertiary alicyclic amines) is 1. The number of amides is 1. The number of carbonyl (C=O) groups is 2. The maximum atomic E-state index is 13.3. The first-order valence-electron chi connectivity index (χ1n) is 10.6. The average molecular weight is 479 g/mol. The van der Waals surface area contributed by atoms with Crippen molar-refractivity contribution in [3.63, 3.8) is 0 Å². The number of hydrogen-bond donors (Lipinski definition) is 0. The van der Waals surface area contributed by atoms with Gasteiger partial charge in [0.05, 0.1) is 24.0 Å². The van der Waals surface area contributed by atoms with E-state index in [-0.39, 0.29) is 35.8 Å². The summed E-state index contributed by atoms with van der Waals surface area (Å²) in [6, 6.07) is 15.0. The molecule has 1 aliphatic heterocycles. The molecule has 1 aliphatic rings. The van der Waals surface area contributed by atoms with Crippen molar-refractivity contribution in [2.24, 2.45) is 5.92 Å². The lowest BCUT2D eigenvalue weighted by Crippen LogP contribution is -2.46. The van der Waals surface area contributed by atoms with Gasteiger partial charge in [-0.25, -0.2) is 8.42 Å². The highest BCUT2D eigenvalue weighted by molar-refractivity contribution is 7.89. The molecule has 0 radical (unpaired) electrons. The molecule has 0 unspecified atom stereocenters. The Labute approximate surface area is 194 Å². The van der Waals surface area contributed by atoms with Gasteiger partial charge in [-0.3, -0.25) is 9.59 Å². The molecule has 0 aliphatic carbocycles. The predicted molar refractivity (Wildman–Crippen MR) is 121 cm³/mol. The Bertz CT molecular complexity index is 1020. The van der Waals surface area contributed by atoms with Crippen LogP contribution in [0.15, 0.2) is 59.5 Å². The number of carbonyl (C=O) groups excluding carboxylic acids is 2. The average Bonchev–Trinajstić information content (AvgIpc) is 2.80. The van der Waals surface area contributed by atoms with Crippen LogP contribution in [-0.4, -0.2) is 55.7 Å². The molecule has 2 aromatic carbocycles. The van der Waals surface area contributed by atoms with Crippen molar-refractivity contribution in [2.75, 3.05) is 26.2 Å². The second-order valence-electron chi connectivity index (χ2n) is 7.62. The molecule has 1 heterocycles. The van der Waals surface area contributed by atoms with Gasteiger partial charge >= 0.3 is 5.97 Å². The Morgan fingerprint density at radius 3 is 2.28 bits per heavy atom. The molecule has 0 N–H and O–H groups in total. The van der Waals surface area contributed by atoms with E-state index in [1.54, 1.807) is 11.8 Å². The highest BCUT2D eigenvalue weighted by atomic mass is 35.5. The minimum Gasteiger partial charge on any atom is -0.466 e. The molecular weight excluding hydrogens is 452 g/mol. The van der Waals surface area contributed by atoms with Crippen LogP contribution in [0, 0.1) is 5.92 Å². The third kappa shape index (κ3) is 6.09. The number of halogens is 1. The Hall–Kier alpha value is -2.42. The fourth-order valence-electron chi connectivity index (χ4n) is 3.64. The molecule has 0 atom stereocenters. The summed E-state index contributed by atoms with van der Waals surface area (Å²) in [6.45, 7) is 2.65. The molecule has 172 valence electrons. The van der Waals surface area contributed by atoms with E-state index in [9.17, 15) is 18.0 Å². The quantitative estimate of drug-likeness (QED) is 0.543. The van der Waals surface area contributed by atoms with Gasteiger partial charge in [0.1, 0.15) is 0 Å². The number of rotatable bonds is 8. The van der Waals surface area contributed by atoms with Crippen LogP contribution in [0.25, 0.3) is 0 Å². The fraction of sp³-hybridized carbons (Fsp3) is 0.391. The zero-order valence-electron chi connectivity index (χ0n) is 17.9. The second-order valence-corrected chi connectivity index (χ2v) is 9.99. The van der Waals surface area contributed by atoms with E-state index in [4.69, 9.17) is 16.3 Å². The minimum absolute atomic E-state index is 0.0663. The van der Waals surface area contributed by atoms with Crippen molar-refractivity contribution in [1.29, 1.82) is 0 Å². The summed E-state index contributed by atoms with van der Waals surface area (Å²) in [4.78, 5) is 26.7. The Kier molecular flexibility index (Phi) is 8.28. The van der Waals surface area contributed by atoms with Crippen molar-refractivity contribution in [1.82, 2.24) is 9.21 Å². The van der Waals surface area contributed by atoms with E-state index < -0.39 is 10.0 Å². The topological polar surface area (TPSA) is 84.0 Å². The summed E-state index contributed by atoms with van der Waals surface area (Å²) in [6.07, 6.45) is 1.01. The first-order valence-corrected chi connectivity index (χ1v) is 12.4. The van der Waals surface area contributed by atoms with Crippen molar-refractivity contribution >= 4 is 33.5 Å². The zero-order chi connectivity index (χ0) is 23.1. The van der Waals surface area contributed by atoms with Crippen LogP contribution in [0.2, 0.25) is 5.02 Å². The summed E-state index contributed by atoms with van der Waals surface area (Å²) in [7, 11) is -3.93. The van der Waals surface area contributed by atoms with Gasteiger partial charge in [-0.15, -0.1) is 0 Å². The molecule has 3 rings (SSSR count). The lowest BCUT2D eigenvalue weighted by Gasteiger charge is -2.32. The van der Waals surface area contributed by atoms with E-state index in [1.807, 2.05) is 30.3 Å². The molecule has 32 heavy (non-hydrogen) atoms. The summed E-state index contributed by atoms with van der Waals surface area (Å²) in [5.74, 6) is -0.756. The van der Waals surface area contributed by atoms with Gasteiger partial charge in [0.25, 0.3) is 0 Å². The van der Waals surface area contributed by atoms with Gasteiger partial charge in [-0.1, -0.05) is 41.9 Å². The summed E-state index contributed by atoms with van der Waals surface area (Å²) in [5, 5.41) is 0.430. The SMILES string of the molecule is CCOC(=O)C1CCN(C(=O)CN(Cc2ccccc2)S(=O)(=O)c2ccc(Cl)cc2)CC1. The lowest BCUT2D eigenvalue weighted by atomic mass is 9.97. The molecule has 1 amide bonds. The van der Waals surface area contributed by atoms with Gasteiger partial charge in [0, 0.05) is 24.7 Å². The van der Waals surface area contributed by atoms with Crippen LogP contribution < -0.4 is 0 Å². The number of sulfonamides is 1. The number of nitrogens with zero attached hydrogens (tertiary/aromatic N) is 2. The van der Waals surface area contributed by atoms with Crippen LogP contribution in [0.5, 0.6) is 0 Å². The first-order chi connectivity index (χ1) is 15.3. The fourth-order valence-corrected chi connectivity index (χ4v) is 5.15. The maximum absolute atomic E-state index is 13.3. The molecule has 1 fully saturated rings. The Balaban J connectivity index is 1.75. The molecule has 2 aromatic rings. The number of benzene rings is 2. The molecule has 0 aromatic heterocycles.